The van der Waals surface area contributed by atoms with Crippen LogP contribution in [0.2, 0.25) is 0 Å². The number of nitriles is 1. The van der Waals surface area contributed by atoms with Crippen LogP contribution >= 0.6 is 0 Å². The number of carbonyl (C=O) groups excluding carboxylic acids is 1. The van der Waals surface area contributed by atoms with Crippen LogP contribution in [-0.4, -0.2) is 16.5 Å². The van der Waals surface area contributed by atoms with E-state index in [0.29, 0.717) is 5.69 Å². The summed E-state index contributed by atoms with van der Waals surface area (Å²) in [6.07, 6.45) is 0. The molecule has 8 nitrogen and oxygen atoms in total. The van der Waals surface area contributed by atoms with E-state index >= 15 is 0 Å². The molecule has 0 aliphatic carbocycles. The number of primary amides is 1. The number of anilines is 1. The van der Waals surface area contributed by atoms with E-state index in [9.17, 15) is 14.9 Å². The third-order valence-corrected chi connectivity index (χ3v) is 1.71. The third-order valence-electron chi connectivity index (χ3n) is 1.71. The van der Waals surface area contributed by atoms with Gasteiger partial charge in [-0.1, -0.05) is 0 Å². The van der Waals surface area contributed by atoms with Gasteiger partial charge < -0.3 is 5.73 Å². The Morgan fingerprint density at radius 3 is 2.47 bits per heavy atom. The van der Waals surface area contributed by atoms with Crippen LogP contribution in [-0.2, 0) is 4.79 Å². The normalized spacial score (nSPS) is 10.4. The van der Waals surface area contributed by atoms with E-state index in [0.717, 1.165) is 0 Å². The molecule has 0 aliphatic heterocycles. The molecule has 0 saturated heterocycles. The minimum Gasteiger partial charge on any atom is -0.364 e. The Labute approximate surface area is 95.5 Å². The van der Waals surface area contributed by atoms with Gasteiger partial charge in [-0.3, -0.25) is 20.3 Å². The van der Waals surface area contributed by atoms with E-state index in [4.69, 9.17) is 11.0 Å². The van der Waals surface area contributed by atoms with Crippen molar-refractivity contribution in [1.82, 2.24) is 0 Å². The molecule has 0 spiro atoms. The Hall–Kier alpha value is -2.95. The van der Waals surface area contributed by atoms with Crippen molar-refractivity contribution in [1.29, 1.82) is 5.26 Å². The van der Waals surface area contributed by atoms with Crippen LogP contribution in [0.15, 0.2) is 29.4 Å². The minimum atomic E-state index is -0.957. The Morgan fingerprint density at radius 1 is 1.47 bits per heavy atom. The number of hydrogen-bond acceptors (Lipinski definition) is 6. The van der Waals surface area contributed by atoms with E-state index in [1.54, 1.807) is 0 Å². The second-order valence-electron chi connectivity index (χ2n) is 2.85. The zero-order valence-electron chi connectivity index (χ0n) is 8.45. The molecule has 0 unspecified atom stereocenters. The van der Waals surface area contributed by atoms with E-state index < -0.39 is 16.5 Å². The molecular weight excluding hydrogens is 226 g/mol. The van der Waals surface area contributed by atoms with Crippen LogP contribution in [0.25, 0.3) is 0 Å². The van der Waals surface area contributed by atoms with Gasteiger partial charge in [0.15, 0.2) is 0 Å². The number of benzene rings is 1. The first-order chi connectivity index (χ1) is 8.04. The van der Waals surface area contributed by atoms with Gasteiger partial charge in [-0.2, -0.15) is 10.4 Å². The van der Waals surface area contributed by atoms with Crippen LogP contribution in [0.4, 0.5) is 11.4 Å². The summed E-state index contributed by atoms with van der Waals surface area (Å²) in [5.41, 5.74) is 7.07. The molecule has 0 radical (unpaired) electrons. The van der Waals surface area contributed by atoms with Gasteiger partial charge in [0.05, 0.1) is 10.6 Å². The fraction of sp³-hybridized carbons (Fsp3) is 0. The van der Waals surface area contributed by atoms with Gasteiger partial charge in [0.2, 0.25) is 5.71 Å². The summed E-state index contributed by atoms with van der Waals surface area (Å²) in [5, 5.41) is 22.3. The second-order valence-corrected chi connectivity index (χ2v) is 2.85. The largest absolute Gasteiger partial charge is 0.364 e. The van der Waals surface area contributed by atoms with Crippen LogP contribution in [0.3, 0.4) is 0 Å². The minimum absolute atomic E-state index is 0.0741. The van der Waals surface area contributed by atoms with E-state index in [1.165, 1.54) is 30.3 Å². The highest BCUT2D eigenvalue weighted by molar-refractivity contribution is 6.44. The molecule has 0 atom stereocenters. The van der Waals surface area contributed by atoms with Crippen LogP contribution in [0.1, 0.15) is 0 Å². The first-order valence-corrected chi connectivity index (χ1v) is 4.32. The SMILES string of the molecule is N#C/C(=N/Nc1ccc([N+](=O)[O-])cc1)C(N)=O. The van der Waals surface area contributed by atoms with Crippen LogP contribution in [0.5, 0.6) is 0 Å². The summed E-state index contributed by atoms with van der Waals surface area (Å²) in [6, 6.07) is 6.80. The number of hydrogen-bond donors (Lipinski definition) is 2. The van der Waals surface area contributed by atoms with Crippen molar-refractivity contribution in [2.45, 2.75) is 0 Å². The van der Waals surface area contributed by atoms with Crippen molar-refractivity contribution in [2.75, 3.05) is 5.43 Å². The molecular formula is C9H7N5O3. The number of nitrogens with two attached hydrogens (primary N) is 1. The molecule has 1 aromatic carbocycles. The number of carbonyl (C=O) groups is 1. The number of hydrazone groups is 1. The summed E-state index contributed by atoms with van der Waals surface area (Å²) >= 11 is 0. The Balaban J connectivity index is 2.80. The molecule has 0 saturated carbocycles. The van der Waals surface area contributed by atoms with Crippen LogP contribution in [0, 0.1) is 21.4 Å². The molecule has 1 rings (SSSR count). The van der Waals surface area contributed by atoms with Crippen molar-refractivity contribution in [3.8, 4) is 6.07 Å². The molecule has 17 heavy (non-hydrogen) atoms. The lowest BCUT2D eigenvalue weighted by molar-refractivity contribution is -0.384. The zero-order valence-corrected chi connectivity index (χ0v) is 8.45. The quantitative estimate of drug-likeness (QED) is 0.440. The number of nitro benzene ring substituents is 1. The maximum Gasteiger partial charge on any atom is 0.280 e. The summed E-state index contributed by atoms with van der Waals surface area (Å²) in [5.74, 6) is -0.957. The number of rotatable bonds is 4. The van der Waals surface area contributed by atoms with Crippen molar-refractivity contribution < 1.29 is 9.72 Å². The monoisotopic (exact) mass is 233 g/mol. The Bertz CT molecular complexity index is 514. The highest BCUT2D eigenvalue weighted by Crippen LogP contribution is 2.15. The average molecular weight is 233 g/mol. The smallest absolute Gasteiger partial charge is 0.280 e. The van der Waals surface area contributed by atoms with Gasteiger partial charge in [0, 0.05) is 12.1 Å². The van der Waals surface area contributed by atoms with E-state index in [-0.39, 0.29) is 5.69 Å². The Kier molecular flexibility index (Phi) is 3.72. The average Bonchev–Trinajstić information content (AvgIpc) is 2.30. The van der Waals surface area contributed by atoms with Gasteiger partial charge >= 0.3 is 0 Å². The van der Waals surface area contributed by atoms with Crippen LogP contribution < -0.4 is 11.2 Å². The first-order valence-electron chi connectivity index (χ1n) is 4.32. The predicted octanol–water partition coefficient (Wildman–Crippen LogP) is 0.372. The molecule has 1 aromatic rings. The van der Waals surface area contributed by atoms with Gasteiger partial charge in [-0.05, 0) is 12.1 Å². The van der Waals surface area contributed by atoms with Gasteiger partial charge in [0.1, 0.15) is 6.07 Å². The van der Waals surface area contributed by atoms with Gasteiger partial charge in [-0.25, -0.2) is 0 Å². The predicted molar refractivity (Wildman–Crippen MR) is 59.0 cm³/mol. The molecule has 0 fully saturated rings. The third kappa shape index (κ3) is 3.28. The molecule has 1 amide bonds. The maximum absolute atomic E-state index is 10.6. The number of nitrogens with zero attached hydrogens (tertiary/aromatic N) is 3. The summed E-state index contributed by atoms with van der Waals surface area (Å²) in [7, 11) is 0. The Morgan fingerprint density at radius 2 is 2.06 bits per heavy atom. The number of nitro groups is 1. The van der Waals surface area contributed by atoms with Crippen molar-refractivity contribution >= 4 is 23.0 Å². The second kappa shape index (κ2) is 5.22. The van der Waals surface area contributed by atoms with Gasteiger partial charge in [-0.15, -0.1) is 0 Å². The fourth-order valence-electron chi connectivity index (χ4n) is 0.913. The zero-order chi connectivity index (χ0) is 12.8. The highest BCUT2D eigenvalue weighted by atomic mass is 16.6. The van der Waals surface area contributed by atoms with Crippen molar-refractivity contribution in [2.24, 2.45) is 10.8 Å². The molecule has 0 aromatic heterocycles. The number of non-ortho nitro benzene ring substituents is 1. The summed E-state index contributed by atoms with van der Waals surface area (Å²) in [6.45, 7) is 0. The number of amides is 1. The lowest BCUT2D eigenvalue weighted by Crippen LogP contribution is -2.22. The fourth-order valence-corrected chi connectivity index (χ4v) is 0.913. The van der Waals surface area contributed by atoms with Gasteiger partial charge in [0.25, 0.3) is 11.6 Å². The molecule has 0 aliphatic rings. The van der Waals surface area contributed by atoms with Crippen molar-refractivity contribution in [3.63, 3.8) is 0 Å². The highest BCUT2D eigenvalue weighted by Gasteiger charge is 2.06. The molecule has 8 heteroatoms. The summed E-state index contributed by atoms with van der Waals surface area (Å²) in [4.78, 5) is 20.5. The molecule has 0 bridgehead atoms. The van der Waals surface area contributed by atoms with Crippen molar-refractivity contribution in [3.05, 3.63) is 34.4 Å². The van der Waals surface area contributed by atoms with E-state index in [2.05, 4.69) is 10.5 Å². The van der Waals surface area contributed by atoms with E-state index in [1.807, 2.05) is 0 Å². The first kappa shape index (κ1) is 12.1. The standard InChI is InChI=1S/C9H7N5O3/c10-5-8(9(11)15)13-12-6-1-3-7(4-2-6)14(16)17/h1-4,12H,(H2,11,15)/b13-8-. The molecule has 0 heterocycles. The lowest BCUT2D eigenvalue weighted by atomic mass is 10.3. The number of nitrogens with one attached hydrogen (secondary N) is 1. The summed E-state index contributed by atoms with van der Waals surface area (Å²) < 4.78 is 0. The lowest BCUT2D eigenvalue weighted by Gasteiger charge is -1.99. The molecule has 3 N–H and O–H groups in total. The maximum atomic E-state index is 10.6. The molecule has 86 valence electrons. The topological polar surface area (TPSA) is 134 Å².